The maximum atomic E-state index is 5.37. The molecule has 1 aromatic carbocycles. The van der Waals surface area contributed by atoms with E-state index < -0.39 is 0 Å². The van der Waals surface area contributed by atoms with Gasteiger partial charge in [0.15, 0.2) is 0 Å². The molecule has 0 aliphatic carbocycles. The smallest absolute Gasteiger partial charge is 0.119 e. The Morgan fingerprint density at radius 2 is 2.11 bits per heavy atom. The van der Waals surface area contributed by atoms with Crippen molar-refractivity contribution in [3.63, 3.8) is 0 Å². The van der Waals surface area contributed by atoms with Crippen LogP contribution in [0.2, 0.25) is 0 Å². The molecule has 0 aromatic heterocycles. The van der Waals surface area contributed by atoms with Crippen LogP contribution in [0.1, 0.15) is 31.0 Å². The Bertz CT molecular complexity index is 429. The second kappa shape index (κ2) is 4.90. The number of fused-ring (bicyclic) bond motifs is 1. The van der Waals surface area contributed by atoms with Crippen molar-refractivity contribution in [2.24, 2.45) is 0 Å². The van der Waals surface area contributed by atoms with Crippen molar-refractivity contribution < 1.29 is 4.74 Å². The van der Waals surface area contributed by atoms with Gasteiger partial charge in [0.25, 0.3) is 0 Å². The number of ether oxygens (including phenoxy) is 1. The summed E-state index contributed by atoms with van der Waals surface area (Å²) in [6.07, 6.45) is 1.12. The van der Waals surface area contributed by atoms with Crippen LogP contribution in [0, 0.1) is 0 Å². The Balaban J connectivity index is 2.48. The zero-order valence-corrected chi connectivity index (χ0v) is 12.1. The Hall–Kier alpha value is -1.06. The van der Waals surface area contributed by atoms with Crippen molar-refractivity contribution in [3.8, 4) is 5.75 Å². The Kier molecular flexibility index (Phi) is 3.64. The van der Waals surface area contributed by atoms with Gasteiger partial charge in [0.1, 0.15) is 5.75 Å². The molecule has 100 valence electrons. The molecule has 1 unspecified atom stereocenters. The SMILES string of the molecule is CNC(C)(C)C1c2cc(OC)ccc2CCN1C. The molecule has 0 saturated carbocycles. The van der Waals surface area contributed by atoms with E-state index in [-0.39, 0.29) is 5.54 Å². The third kappa shape index (κ3) is 2.25. The predicted octanol–water partition coefficient (Wildman–Crippen LogP) is 2.22. The number of methoxy groups -OCH3 is 1. The quantitative estimate of drug-likeness (QED) is 0.887. The molecule has 1 aliphatic rings. The first-order valence-corrected chi connectivity index (χ1v) is 6.55. The van der Waals surface area contributed by atoms with E-state index in [4.69, 9.17) is 4.74 Å². The summed E-state index contributed by atoms with van der Waals surface area (Å²) < 4.78 is 5.37. The van der Waals surface area contributed by atoms with Gasteiger partial charge in [-0.2, -0.15) is 0 Å². The van der Waals surface area contributed by atoms with Crippen molar-refractivity contribution in [2.45, 2.75) is 31.8 Å². The molecule has 0 bridgehead atoms. The van der Waals surface area contributed by atoms with Crippen molar-refractivity contribution in [2.75, 3.05) is 27.7 Å². The molecule has 1 heterocycles. The Morgan fingerprint density at radius 3 is 2.72 bits per heavy atom. The van der Waals surface area contributed by atoms with Gasteiger partial charge < -0.3 is 10.1 Å². The highest BCUT2D eigenvalue weighted by atomic mass is 16.5. The van der Waals surface area contributed by atoms with E-state index in [1.165, 1.54) is 11.1 Å². The van der Waals surface area contributed by atoms with E-state index in [9.17, 15) is 0 Å². The lowest BCUT2D eigenvalue weighted by molar-refractivity contribution is 0.137. The minimum atomic E-state index is 0.0380. The molecule has 0 amide bonds. The minimum Gasteiger partial charge on any atom is -0.497 e. The summed E-state index contributed by atoms with van der Waals surface area (Å²) in [6.45, 7) is 5.61. The first-order valence-electron chi connectivity index (χ1n) is 6.55. The first-order chi connectivity index (χ1) is 8.49. The molecule has 0 spiro atoms. The number of likely N-dealkylation sites (N-methyl/N-ethyl adjacent to an activating group) is 2. The van der Waals surface area contributed by atoms with Crippen molar-refractivity contribution in [3.05, 3.63) is 29.3 Å². The molecule has 3 heteroatoms. The Morgan fingerprint density at radius 1 is 1.39 bits per heavy atom. The normalized spacial score (nSPS) is 20.6. The van der Waals surface area contributed by atoms with E-state index in [1.807, 2.05) is 7.05 Å². The topological polar surface area (TPSA) is 24.5 Å². The summed E-state index contributed by atoms with van der Waals surface area (Å²) in [5, 5.41) is 3.44. The van der Waals surface area contributed by atoms with Crippen LogP contribution in [0.5, 0.6) is 5.75 Å². The van der Waals surface area contributed by atoms with Crippen LogP contribution in [0.25, 0.3) is 0 Å². The van der Waals surface area contributed by atoms with Gasteiger partial charge in [0.2, 0.25) is 0 Å². The lowest BCUT2D eigenvalue weighted by Gasteiger charge is -2.44. The highest BCUT2D eigenvalue weighted by Gasteiger charge is 2.36. The molecule has 0 radical (unpaired) electrons. The average Bonchev–Trinajstić information content (AvgIpc) is 2.37. The molecule has 3 nitrogen and oxygen atoms in total. The molecule has 1 N–H and O–H groups in total. The fourth-order valence-electron chi connectivity index (χ4n) is 2.92. The average molecular weight is 248 g/mol. The fraction of sp³-hybridized carbons (Fsp3) is 0.600. The zero-order valence-electron chi connectivity index (χ0n) is 12.1. The van der Waals surface area contributed by atoms with E-state index in [2.05, 4.69) is 49.3 Å². The third-order valence-electron chi connectivity index (χ3n) is 4.15. The predicted molar refractivity (Wildman–Crippen MR) is 75.2 cm³/mol. The van der Waals surface area contributed by atoms with Crippen molar-refractivity contribution in [1.29, 1.82) is 0 Å². The van der Waals surface area contributed by atoms with Crippen LogP contribution in [0.3, 0.4) is 0 Å². The van der Waals surface area contributed by atoms with Gasteiger partial charge in [-0.15, -0.1) is 0 Å². The molecular weight excluding hydrogens is 224 g/mol. The van der Waals surface area contributed by atoms with Crippen molar-refractivity contribution in [1.82, 2.24) is 10.2 Å². The van der Waals surface area contributed by atoms with Gasteiger partial charge >= 0.3 is 0 Å². The maximum absolute atomic E-state index is 5.37. The molecule has 0 fully saturated rings. The molecule has 2 rings (SSSR count). The number of benzene rings is 1. The molecular formula is C15H24N2O. The largest absolute Gasteiger partial charge is 0.497 e. The lowest BCUT2D eigenvalue weighted by Crippen LogP contribution is -2.51. The first kappa shape index (κ1) is 13.4. The van der Waals surface area contributed by atoms with Gasteiger partial charge in [-0.3, -0.25) is 4.90 Å². The van der Waals surface area contributed by atoms with Gasteiger partial charge in [0, 0.05) is 12.1 Å². The number of hydrogen-bond donors (Lipinski definition) is 1. The van der Waals surface area contributed by atoms with Crippen LogP contribution in [0.15, 0.2) is 18.2 Å². The summed E-state index contributed by atoms with van der Waals surface area (Å²) in [7, 11) is 5.96. The molecule has 0 saturated heterocycles. The van der Waals surface area contributed by atoms with E-state index in [0.29, 0.717) is 6.04 Å². The molecule has 1 aliphatic heterocycles. The zero-order chi connectivity index (χ0) is 13.3. The summed E-state index contributed by atoms with van der Waals surface area (Å²) in [5.41, 5.74) is 2.88. The number of hydrogen-bond acceptors (Lipinski definition) is 3. The van der Waals surface area contributed by atoms with Crippen LogP contribution < -0.4 is 10.1 Å². The highest BCUT2D eigenvalue weighted by Crippen LogP contribution is 2.37. The number of rotatable bonds is 3. The molecule has 18 heavy (non-hydrogen) atoms. The minimum absolute atomic E-state index is 0.0380. The van der Waals surface area contributed by atoms with E-state index >= 15 is 0 Å². The van der Waals surface area contributed by atoms with Crippen LogP contribution in [-0.4, -0.2) is 38.2 Å². The van der Waals surface area contributed by atoms with Crippen LogP contribution in [-0.2, 0) is 6.42 Å². The van der Waals surface area contributed by atoms with Crippen molar-refractivity contribution >= 4 is 0 Å². The van der Waals surface area contributed by atoms with Gasteiger partial charge in [0.05, 0.1) is 13.2 Å². The summed E-state index contributed by atoms with van der Waals surface area (Å²) in [6, 6.07) is 6.84. The summed E-state index contributed by atoms with van der Waals surface area (Å²) >= 11 is 0. The van der Waals surface area contributed by atoms with E-state index in [1.54, 1.807) is 7.11 Å². The monoisotopic (exact) mass is 248 g/mol. The standard InChI is InChI=1S/C15H24N2O/c1-15(2,16-3)14-13-10-12(18-5)7-6-11(13)8-9-17(14)4/h6-7,10,14,16H,8-9H2,1-5H3. The maximum Gasteiger partial charge on any atom is 0.119 e. The van der Waals surface area contributed by atoms with Gasteiger partial charge in [-0.25, -0.2) is 0 Å². The molecule has 1 atom stereocenters. The van der Waals surface area contributed by atoms with Crippen LogP contribution in [0.4, 0.5) is 0 Å². The summed E-state index contributed by atoms with van der Waals surface area (Å²) in [4.78, 5) is 2.43. The van der Waals surface area contributed by atoms with E-state index in [0.717, 1.165) is 18.7 Å². The number of nitrogens with zero attached hydrogens (tertiary/aromatic N) is 1. The molecule has 1 aromatic rings. The lowest BCUT2D eigenvalue weighted by atomic mass is 9.82. The van der Waals surface area contributed by atoms with Gasteiger partial charge in [-0.05, 0) is 57.6 Å². The fourth-order valence-corrected chi connectivity index (χ4v) is 2.92. The van der Waals surface area contributed by atoms with Crippen LogP contribution >= 0.6 is 0 Å². The second-order valence-electron chi connectivity index (χ2n) is 5.67. The van der Waals surface area contributed by atoms with Gasteiger partial charge in [-0.1, -0.05) is 6.07 Å². The third-order valence-corrected chi connectivity index (χ3v) is 4.15. The Labute approximate surface area is 110 Å². The highest BCUT2D eigenvalue weighted by molar-refractivity contribution is 5.40. The number of nitrogens with one attached hydrogen (secondary N) is 1. The second-order valence-corrected chi connectivity index (χ2v) is 5.67. The summed E-state index contributed by atoms with van der Waals surface area (Å²) in [5.74, 6) is 0.945.